The molecule has 1 heterocycles. The maximum Gasteiger partial charge on any atom is 0.311 e. The first-order valence-corrected chi connectivity index (χ1v) is 7.58. The molecule has 1 aliphatic rings. The molecule has 21 heavy (non-hydrogen) atoms. The summed E-state index contributed by atoms with van der Waals surface area (Å²) in [5, 5.41) is 14.2. The van der Waals surface area contributed by atoms with E-state index in [9.17, 15) is 10.1 Å². The summed E-state index contributed by atoms with van der Waals surface area (Å²) in [7, 11) is 0. The molecule has 6 nitrogen and oxygen atoms in total. The van der Waals surface area contributed by atoms with E-state index in [1.807, 2.05) is 6.92 Å². The molecular weight excluding hydrogens is 270 g/mol. The van der Waals surface area contributed by atoms with E-state index >= 15 is 0 Å². The molecule has 0 aliphatic carbocycles. The highest BCUT2D eigenvalue weighted by Crippen LogP contribution is 2.30. The second kappa shape index (κ2) is 7.83. The van der Waals surface area contributed by atoms with E-state index in [2.05, 4.69) is 10.2 Å². The van der Waals surface area contributed by atoms with Crippen molar-refractivity contribution in [3.8, 4) is 5.75 Å². The fourth-order valence-corrected chi connectivity index (χ4v) is 2.59. The molecule has 1 aromatic carbocycles. The lowest BCUT2D eigenvalue weighted by atomic mass is 10.1. The Kier molecular flexibility index (Phi) is 5.80. The lowest BCUT2D eigenvalue weighted by Crippen LogP contribution is -2.33. The zero-order valence-corrected chi connectivity index (χ0v) is 12.5. The molecule has 0 amide bonds. The second-order valence-electron chi connectivity index (χ2n) is 5.20. The SMILES string of the molecule is CCOc1cc(NCCN2CCCCC2)ccc1[N+](=O)[O-]. The van der Waals surface area contributed by atoms with Gasteiger partial charge in [-0.1, -0.05) is 6.42 Å². The fraction of sp³-hybridized carbons (Fsp3) is 0.600. The highest BCUT2D eigenvalue weighted by molar-refractivity contribution is 5.58. The number of nitro benzene ring substituents is 1. The molecule has 0 atom stereocenters. The summed E-state index contributed by atoms with van der Waals surface area (Å²) in [6, 6.07) is 4.93. The summed E-state index contributed by atoms with van der Waals surface area (Å²) < 4.78 is 5.34. The molecule has 1 N–H and O–H groups in total. The molecule has 1 saturated heterocycles. The van der Waals surface area contributed by atoms with Crippen molar-refractivity contribution in [3.05, 3.63) is 28.3 Å². The van der Waals surface area contributed by atoms with Gasteiger partial charge in [0.25, 0.3) is 0 Å². The number of nitrogens with one attached hydrogen (secondary N) is 1. The number of hydrogen-bond donors (Lipinski definition) is 1. The molecule has 1 aromatic rings. The van der Waals surface area contributed by atoms with Crippen molar-refractivity contribution in [3.63, 3.8) is 0 Å². The van der Waals surface area contributed by atoms with Crippen LogP contribution in [0, 0.1) is 10.1 Å². The van der Waals surface area contributed by atoms with E-state index in [1.165, 1.54) is 38.4 Å². The van der Waals surface area contributed by atoms with Crippen LogP contribution in [0.15, 0.2) is 18.2 Å². The monoisotopic (exact) mass is 293 g/mol. The van der Waals surface area contributed by atoms with Crippen LogP contribution in [0.5, 0.6) is 5.75 Å². The minimum absolute atomic E-state index is 0.0124. The molecule has 2 rings (SSSR count). The Balaban J connectivity index is 1.90. The molecule has 0 spiro atoms. The van der Waals surface area contributed by atoms with Gasteiger partial charge in [-0.2, -0.15) is 0 Å². The standard InChI is InChI=1S/C15H23N3O3/c1-2-21-15-12-13(6-7-14(15)18(19)20)16-8-11-17-9-4-3-5-10-17/h6-7,12,16H,2-5,8-11H2,1H3. The van der Waals surface area contributed by atoms with Gasteiger partial charge in [0.1, 0.15) is 0 Å². The molecule has 0 saturated carbocycles. The normalized spacial score (nSPS) is 15.7. The largest absolute Gasteiger partial charge is 0.487 e. The highest BCUT2D eigenvalue weighted by atomic mass is 16.6. The highest BCUT2D eigenvalue weighted by Gasteiger charge is 2.15. The van der Waals surface area contributed by atoms with Crippen LogP contribution >= 0.6 is 0 Å². The van der Waals surface area contributed by atoms with Crippen molar-refractivity contribution in [2.75, 3.05) is 38.1 Å². The number of rotatable bonds is 7. The van der Waals surface area contributed by atoms with E-state index in [4.69, 9.17) is 4.74 Å². The van der Waals surface area contributed by atoms with Gasteiger partial charge in [-0.15, -0.1) is 0 Å². The third-order valence-corrected chi connectivity index (χ3v) is 3.66. The van der Waals surface area contributed by atoms with Gasteiger partial charge in [-0.25, -0.2) is 0 Å². The van der Waals surface area contributed by atoms with E-state index in [1.54, 1.807) is 12.1 Å². The Morgan fingerprint density at radius 1 is 1.33 bits per heavy atom. The quantitative estimate of drug-likeness (QED) is 0.618. The van der Waals surface area contributed by atoms with Gasteiger partial charge in [-0.3, -0.25) is 10.1 Å². The zero-order chi connectivity index (χ0) is 15.1. The molecule has 0 bridgehead atoms. The number of nitro groups is 1. The summed E-state index contributed by atoms with van der Waals surface area (Å²) >= 11 is 0. The van der Waals surface area contributed by atoms with Gasteiger partial charge in [0.15, 0.2) is 5.75 Å². The maximum absolute atomic E-state index is 10.9. The van der Waals surface area contributed by atoms with E-state index in [-0.39, 0.29) is 5.69 Å². The summed E-state index contributed by atoms with van der Waals surface area (Å²) in [6.45, 7) is 6.42. The van der Waals surface area contributed by atoms with E-state index < -0.39 is 4.92 Å². The average molecular weight is 293 g/mol. The maximum atomic E-state index is 10.9. The van der Waals surface area contributed by atoms with Crippen molar-refractivity contribution in [1.82, 2.24) is 4.90 Å². The zero-order valence-electron chi connectivity index (χ0n) is 12.5. The third-order valence-electron chi connectivity index (χ3n) is 3.66. The first-order chi connectivity index (χ1) is 10.2. The number of nitrogens with zero attached hydrogens (tertiary/aromatic N) is 2. The molecule has 0 unspecified atom stereocenters. The number of benzene rings is 1. The first kappa shape index (κ1) is 15.6. The number of hydrogen-bond acceptors (Lipinski definition) is 5. The third kappa shape index (κ3) is 4.60. The number of ether oxygens (including phenoxy) is 1. The van der Waals surface area contributed by atoms with Crippen LogP contribution < -0.4 is 10.1 Å². The Hall–Kier alpha value is -1.82. The Morgan fingerprint density at radius 3 is 2.76 bits per heavy atom. The Labute approximate surface area is 125 Å². The number of piperidine rings is 1. The average Bonchev–Trinajstić information content (AvgIpc) is 2.49. The summed E-state index contributed by atoms with van der Waals surface area (Å²) in [5.41, 5.74) is 0.875. The van der Waals surface area contributed by atoms with Gasteiger partial charge < -0.3 is 15.0 Å². The number of anilines is 1. The summed E-state index contributed by atoms with van der Waals surface area (Å²) in [4.78, 5) is 13.0. The van der Waals surface area contributed by atoms with E-state index in [0.717, 1.165) is 18.8 Å². The van der Waals surface area contributed by atoms with Crippen molar-refractivity contribution < 1.29 is 9.66 Å². The van der Waals surface area contributed by atoms with Crippen LogP contribution in [0.4, 0.5) is 11.4 Å². The van der Waals surface area contributed by atoms with Gasteiger partial charge in [-0.05, 0) is 38.9 Å². The minimum atomic E-state index is -0.414. The van der Waals surface area contributed by atoms with Crippen molar-refractivity contribution in [2.45, 2.75) is 26.2 Å². The molecule has 116 valence electrons. The lowest BCUT2D eigenvalue weighted by molar-refractivity contribution is -0.385. The van der Waals surface area contributed by atoms with Crippen LogP contribution in [0.1, 0.15) is 26.2 Å². The predicted molar refractivity (Wildman–Crippen MR) is 83.0 cm³/mol. The van der Waals surface area contributed by atoms with Crippen LogP contribution in [-0.2, 0) is 0 Å². The molecular formula is C15H23N3O3. The first-order valence-electron chi connectivity index (χ1n) is 7.58. The molecule has 0 radical (unpaired) electrons. The molecule has 1 fully saturated rings. The van der Waals surface area contributed by atoms with Gasteiger partial charge in [0.05, 0.1) is 11.5 Å². The van der Waals surface area contributed by atoms with Crippen LogP contribution in [0.25, 0.3) is 0 Å². The minimum Gasteiger partial charge on any atom is -0.487 e. The smallest absolute Gasteiger partial charge is 0.311 e. The van der Waals surface area contributed by atoms with E-state index in [0.29, 0.717) is 12.4 Å². The van der Waals surface area contributed by atoms with Crippen LogP contribution in [0.3, 0.4) is 0 Å². The molecule has 6 heteroatoms. The van der Waals surface area contributed by atoms with Gasteiger partial charge in [0.2, 0.25) is 0 Å². The molecule has 1 aliphatic heterocycles. The van der Waals surface area contributed by atoms with Gasteiger partial charge in [0, 0.05) is 30.9 Å². The van der Waals surface area contributed by atoms with Crippen molar-refractivity contribution in [1.29, 1.82) is 0 Å². The molecule has 0 aromatic heterocycles. The van der Waals surface area contributed by atoms with Gasteiger partial charge >= 0.3 is 5.69 Å². The van der Waals surface area contributed by atoms with Crippen molar-refractivity contribution >= 4 is 11.4 Å². The van der Waals surface area contributed by atoms with Crippen molar-refractivity contribution in [2.24, 2.45) is 0 Å². The predicted octanol–water partition coefficient (Wildman–Crippen LogP) is 2.89. The fourth-order valence-electron chi connectivity index (χ4n) is 2.59. The summed E-state index contributed by atoms with van der Waals surface area (Å²) in [6.07, 6.45) is 3.90. The second-order valence-corrected chi connectivity index (χ2v) is 5.20. The van der Waals surface area contributed by atoms with Crippen LogP contribution in [0.2, 0.25) is 0 Å². The van der Waals surface area contributed by atoms with Crippen LogP contribution in [-0.4, -0.2) is 42.6 Å². The number of likely N-dealkylation sites (tertiary alicyclic amines) is 1. The lowest BCUT2D eigenvalue weighted by Gasteiger charge is -2.26. The summed E-state index contributed by atoms with van der Waals surface area (Å²) in [5.74, 6) is 0.325. The Bertz CT molecular complexity index is 473. The Morgan fingerprint density at radius 2 is 2.10 bits per heavy atom. The topological polar surface area (TPSA) is 67.6 Å².